The average molecular weight is 371 g/mol. The molecule has 9 heteroatoms. The van der Waals surface area contributed by atoms with Crippen molar-refractivity contribution in [1.29, 1.82) is 0 Å². The van der Waals surface area contributed by atoms with Gasteiger partial charge >= 0.3 is 33.3 Å². The number of hydrogen-bond acceptors (Lipinski definition) is 6. The number of halogens is 2. The summed E-state index contributed by atoms with van der Waals surface area (Å²) >= 11 is 0.00694. The molecule has 0 aliphatic carbocycles. The zero-order valence-electron chi connectivity index (χ0n) is 11.7. The summed E-state index contributed by atoms with van der Waals surface area (Å²) in [6.45, 7) is 8.75. The molecule has 1 fully saturated rings. The summed E-state index contributed by atoms with van der Waals surface area (Å²) in [4.78, 5) is 0. The molecule has 0 radical (unpaired) electrons. The normalized spacial score (nSPS) is 23.9. The van der Waals surface area contributed by atoms with E-state index >= 15 is 0 Å². The van der Waals surface area contributed by atoms with Crippen LogP contribution in [0.1, 0.15) is 0 Å². The molecule has 0 unspecified atom stereocenters. The number of rotatable bonds is 1. The first-order valence-electron chi connectivity index (χ1n) is 6.89. The first kappa shape index (κ1) is 20.9. The standard InChI is InChI=1S/C11H27N5O.2ClH.Mn/c17-10-11-9-15-6-5-13-2-1-12-3-4-14-7-8-16-11;;;/h11-17H,1-10H2;2*1H;/q;;;+2/p-2/t11-;;;/m1.../s1. The van der Waals surface area contributed by atoms with Crippen molar-refractivity contribution in [2.75, 3.05) is 65.5 Å². The van der Waals surface area contributed by atoms with Crippen LogP contribution in [-0.4, -0.2) is 76.7 Å². The van der Waals surface area contributed by atoms with Crippen molar-refractivity contribution in [2.24, 2.45) is 0 Å². The number of aliphatic hydroxyl groups excluding tert-OH is 1. The summed E-state index contributed by atoms with van der Waals surface area (Å²) in [6.07, 6.45) is 0. The Kier molecular flexibility index (Phi) is 18.7. The van der Waals surface area contributed by atoms with E-state index in [0.29, 0.717) is 0 Å². The summed E-state index contributed by atoms with van der Waals surface area (Å²) in [7, 11) is 9.59. The third-order valence-electron chi connectivity index (χ3n) is 2.78. The Hall–Kier alpha value is 0.859. The number of nitrogens with one attached hydrogen (secondary N) is 5. The van der Waals surface area contributed by atoms with Gasteiger partial charge in [0, 0.05) is 64.9 Å². The van der Waals surface area contributed by atoms with Gasteiger partial charge in [0.15, 0.2) is 0 Å². The second-order valence-electron chi connectivity index (χ2n) is 4.34. The summed E-state index contributed by atoms with van der Waals surface area (Å²) in [6, 6.07) is 0.153. The molecule has 6 nitrogen and oxygen atoms in total. The van der Waals surface area contributed by atoms with Crippen LogP contribution in [0.4, 0.5) is 0 Å². The van der Waals surface area contributed by atoms with E-state index in [0.717, 1.165) is 58.9 Å². The van der Waals surface area contributed by atoms with Crippen LogP contribution in [0.5, 0.6) is 0 Å². The summed E-state index contributed by atoms with van der Waals surface area (Å²) in [5.41, 5.74) is 0. The molecule has 1 atom stereocenters. The molecule has 0 aromatic rings. The summed E-state index contributed by atoms with van der Waals surface area (Å²) < 4.78 is 0. The Bertz CT molecular complexity index is 180. The summed E-state index contributed by atoms with van der Waals surface area (Å²) in [5, 5.41) is 25.9. The molecular formula is C11H27Cl2MnN5O. The third-order valence-corrected chi connectivity index (χ3v) is 2.78. The van der Waals surface area contributed by atoms with Crippen LogP contribution in [0.3, 0.4) is 0 Å². The Morgan fingerprint density at radius 3 is 1.65 bits per heavy atom. The van der Waals surface area contributed by atoms with Crippen molar-refractivity contribution in [3.63, 3.8) is 0 Å². The molecule has 0 aromatic heterocycles. The van der Waals surface area contributed by atoms with E-state index < -0.39 is 0 Å². The maximum absolute atomic E-state index is 9.19. The van der Waals surface area contributed by atoms with Crippen LogP contribution in [0, 0.1) is 0 Å². The molecule has 1 aliphatic rings. The van der Waals surface area contributed by atoms with Gasteiger partial charge in [-0.1, -0.05) is 0 Å². The van der Waals surface area contributed by atoms with Gasteiger partial charge in [-0.25, -0.2) is 0 Å². The van der Waals surface area contributed by atoms with Gasteiger partial charge in [0.1, 0.15) is 0 Å². The van der Waals surface area contributed by atoms with E-state index in [1.165, 1.54) is 0 Å². The van der Waals surface area contributed by atoms with Crippen LogP contribution >= 0.6 is 20.2 Å². The van der Waals surface area contributed by atoms with Crippen LogP contribution in [-0.2, 0) is 13.1 Å². The molecule has 0 aromatic carbocycles. The van der Waals surface area contributed by atoms with Gasteiger partial charge < -0.3 is 31.7 Å². The molecule has 0 saturated carbocycles. The SMILES string of the molecule is OC[C@H]1CNCCNCCNCCNCCN1.[Cl][Mn][Cl]. The van der Waals surface area contributed by atoms with Gasteiger partial charge in [-0.2, -0.15) is 0 Å². The molecule has 0 spiro atoms. The molecule has 0 amide bonds. The molecule has 1 rings (SSSR count). The maximum atomic E-state index is 9.19. The zero-order chi connectivity index (χ0) is 14.9. The third kappa shape index (κ3) is 15.3. The van der Waals surface area contributed by atoms with Crippen molar-refractivity contribution >= 4 is 20.2 Å². The van der Waals surface area contributed by atoms with Crippen LogP contribution in [0.2, 0.25) is 0 Å². The van der Waals surface area contributed by atoms with Gasteiger partial charge in [-0.15, -0.1) is 0 Å². The van der Waals surface area contributed by atoms with Gasteiger partial charge in [-0.3, -0.25) is 0 Å². The Morgan fingerprint density at radius 1 is 0.800 bits per heavy atom. The van der Waals surface area contributed by atoms with Gasteiger partial charge in [0.25, 0.3) is 0 Å². The van der Waals surface area contributed by atoms with E-state index in [-0.39, 0.29) is 25.8 Å². The monoisotopic (exact) mass is 370 g/mol. The van der Waals surface area contributed by atoms with Crippen molar-refractivity contribution < 1.29 is 18.2 Å². The molecule has 1 saturated heterocycles. The van der Waals surface area contributed by atoms with Crippen molar-refractivity contribution in [2.45, 2.75) is 6.04 Å². The van der Waals surface area contributed by atoms with Gasteiger partial charge in [0.2, 0.25) is 0 Å². The van der Waals surface area contributed by atoms with E-state index in [1.807, 2.05) is 0 Å². The predicted octanol–water partition coefficient (Wildman–Crippen LogP) is -1.31. The van der Waals surface area contributed by atoms with Gasteiger partial charge in [-0.05, 0) is 0 Å². The van der Waals surface area contributed by atoms with Crippen LogP contribution in [0.25, 0.3) is 0 Å². The molecule has 0 bridgehead atoms. The van der Waals surface area contributed by atoms with Crippen LogP contribution < -0.4 is 26.6 Å². The fraction of sp³-hybridized carbons (Fsp3) is 1.00. The fourth-order valence-electron chi connectivity index (χ4n) is 1.75. The first-order valence-corrected chi connectivity index (χ1v) is 10.1. The van der Waals surface area contributed by atoms with E-state index in [9.17, 15) is 5.11 Å². The van der Waals surface area contributed by atoms with E-state index in [1.54, 1.807) is 0 Å². The van der Waals surface area contributed by atoms with Crippen molar-refractivity contribution in [3.05, 3.63) is 0 Å². The second kappa shape index (κ2) is 17.9. The predicted molar refractivity (Wildman–Crippen MR) is 82.1 cm³/mol. The van der Waals surface area contributed by atoms with Crippen molar-refractivity contribution in [1.82, 2.24) is 26.6 Å². The number of aliphatic hydroxyl groups is 1. The van der Waals surface area contributed by atoms with Crippen molar-refractivity contribution in [3.8, 4) is 0 Å². The molecular weight excluding hydrogens is 344 g/mol. The average Bonchev–Trinajstić information content (AvgIpc) is 2.46. The Balaban J connectivity index is 0.00000110. The topological polar surface area (TPSA) is 80.4 Å². The number of hydrogen-bond donors (Lipinski definition) is 6. The fourth-order valence-corrected chi connectivity index (χ4v) is 1.75. The Morgan fingerprint density at radius 2 is 1.20 bits per heavy atom. The summed E-state index contributed by atoms with van der Waals surface area (Å²) in [5.74, 6) is 0. The minimum absolute atomic E-state index is 0.00694. The van der Waals surface area contributed by atoms with E-state index in [2.05, 4.69) is 26.6 Å². The van der Waals surface area contributed by atoms with E-state index in [4.69, 9.17) is 20.2 Å². The second-order valence-corrected chi connectivity index (χ2v) is 6.29. The minimum atomic E-state index is 0.00694. The molecule has 123 valence electrons. The van der Waals surface area contributed by atoms with Gasteiger partial charge in [0.05, 0.1) is 6.61 Å². The Labute approximate surface area is 136 Å². The first-order chi connectivity index (χ1) is 9.85. The van der Waals surface area contributed by atoms with Crippen LogP contribution in [0.15, 0.2) is 0 Å². The quantitative estimate of drug-likeness (QED) is 0.321. The molecule has 6 N–H and O–H groups in total. The molecule has 1 heterocycles. The molecule has 20 heavy (non-hydrogen) atoms. The zero-order valence-corrected chi connectivity index (χ0v) is 14.4. The molecule has 1 aliphatic heterocycles.